The molecule has 4 aliphatic heterocycles. The first-order valence-corrected chi connectivity index (χ1v) is 21.5. The molecule has 6 aromatic rings. The third-order valence-electron chi connectivity index (χ3n) is 14.1. The van der Waals surface area contributed by atoms with Gasteiger partial charge in [-0.15, -0.1) is 0 Å². The number of H-pyrrole nitrogens is 2. The van der Waals surface area contributed by atoms with Crippen molar-refractivity contribution in [2.45, 2.75) is 88.5 Å². The van der Waals surface area contributed by atoms with E-state index in [1.165, 1.54) is 11.4 Å². The first-order valence-electron chi connectivity index (χ1n) is 21.5. The molecule has 0 bridgehead atoms. The molecule has 4 saturated heterocycles. The van der Waals surface area contributed by atoms with Crippen molar-refractivity contribution in [2.75, 3.05) is 62.2 Å². The number of nitrogens with one attached hydrogen (secondary N) is 2. The van der Waals surface area contributed by atoms with Gasteiger partial charge in [0.15, 0.2) is 5.78 Å². The number of nitrogens with zero attached hydrogens (tertiary/aromatic N) is 8. The summed E-state index contributed by atoms with van der Waals surface area (Å²) in [5.74, 6) is 1.06. The number of aliphatic hydroxyl groups is 2. The van der Waals surface area contributed by atoms with Gasteiger partial charge < -0.3 is 30.0 Å². The molecular weight excluding hydrogens is 729 g/mol. The van der Waals surface area contributed by atoms with Gasteiger partial charge in [0.2, 0.25) is 0 Å². The average molecular weight is 785 g/mol. The van der Waals surface area contributed by atoms with E-state index in [1.54, 1.807) is 0 Å². The van der Waals surface area contributed by atoms with Crippen LogP contribution in [0.3, 0.4) is 0 Å². The SMILES string of the molecule is CC1(O)CCN(C(CC2CCN(c3ccnc4cnc5[nH]ccc5c34)CC2)C(=O)C(CC2CCN(c3ccnc4cnc5[nH]ccc5c34)CC2)N2CCC(C)(O)C2)C1. The fourth-order valence-electron chi connectivity index (χ4n) is 10.9. The lowest BCUT2D eigenvalue weighted by molar-refractivity contribution is -0.131. The summed E-state index contributed by atoms with van der Waals surface area (Å²) in [6, 6.07) is 7.90. The van der Waals surface area contributed by atoms with Crippen LogP contribution in [0.15, 0.2) is 61.4 Å². The molecule has 13 heteroatoms. The zero-order chi connectivity index (χ0) is 39.6. The van der Waals surface area contributed by atoms with E-state index in [2.05, 4.69) is 73.8 Å². The molecule has 0 aliphatic carbocycles. The lowest BCUT2D eigenvalue weighted by atomic mass is 9.82. The molecule has 0 radical (unpaired) electrons. The maximum Gasteiger partial charge on any atom is 0.167 e. The number of pyridine rings is 4. The molecule has 6 aromatic heterocycles. The predicted octanol–water partition coefficient (Wildman–Crippen LogP) is 5.67. The van der Waals surface area contributed by atoms with Crippen LogP contribution in [-0.4, -0.2) is 131 Å². The highest BCUT2D eigenvalue weighted by molar-refractivity contribution is 6.11. The van der Waals surface area contributed by atoms with Crippen molar-refractivity contribution in [3.8, 4) is 0 Å². The molecule has 0 amide bonds. The van der Waals surface area contributed by atoms with E-state index in [1.807, 2.05) is 51.0 Å². The monoisotopic (exact) mass is 784 g/mol. The molecule has 0 saturated carbocycles. The average Bonchev–Trinajstić information content (AvgIpc) is 4.05. The van der Waals surface area contributed by atoms with E-state index in [0.29, 0.717) is 37.8 Å². The molecule has 0 spiro atoms. The van der Waals surface area contributed by atoms with Crippen LogP contribution in [0.25, 0.3) is 43.9 Å². The Morgan fingerprint density at radius 2 is 1.10 bits per heavy atom. The first kappa shape index (κ1) is 37.6. The molecule has 0 aromatic carbocycles. The minimum atomic E-state index is -0.804. The summed E-state index contributed by atoms with van der Waals surface area (Å²) in [7, 11) is 0. The summed E-state index contributed by atoms with van der Waals surface area (Å²) in [6.45, 7) is 9.93. The van der Waals surface area contributed by atoms with Crippen molar-refractivity contribution in [1.82, 2.24) is 39.7 Å². The van der Waals surface area contributed by atoms with Gasteiger partial charge in [0.05, 0.1) is 46.7 Å². The number of β-amino-alcohol motifs (C(OH)–C–C–N with tert-alkyl or cyclic N) is 2. The van der Waals surface area contributed by atoms with Gasteiger partial charge in [0.1, 0.15) is 11.3 Å². The minimum Gasteiger partial charge on any atom is -0.389 e. The van der Waals surface area contributed by atoms with Gasteiger partial charge in [0.25, 0.3) is 0 Å². The van der Waals surface area contributed by atoms with Gasteiger partial charge in [-0.2, -0.15) is 0 Å². The molecule has 4 unspecified atom stereocenters. The van der Waals surface area contributed by atoms with Gasteiger partial charge in [0, 0.05) is 110 Å². The zero-order valence-electron chi connectivity index (χ0n) is 33.8. The lowest BCUT2D eigenvalue weighted by Gasteiger charge is -2.41. The lowest BCUT2D eigenvalue weighted by Crippen LogP contribution is -2.53. The third-order valence-corrected chi connectivity index (χ3v) is 14.1. The number of fused-ring (bicyclic) bond motifs is 6. The van der Waals surface area contributed by atoms with Crippen molar-refractivity contribution in [3.63, 3.8) is 0 Å². The van der Waals surface area contributed by atoms with E-state index in [9.17, 15) is 10.2 Å². The van der Waals surface area contributed by atoms with E-state index in [0.717, 1.165) is 122 Å². The van der Waals surface area contributed by atoms with Crippen LogP contribution in [0.1, 0.15) is 65.2 Å². The smallest absolute Gasteiger partial charge is 0.167 e. The van der Waals surface area contributed by atoms with Crippen molar-refractivity contribution in [1.29, 1.82) is 0 Å². The standard InChI is InChI=1S/C45H56N10O3/c1-44(57)11-21-54(27-44)37(23-29-7-17-52(18-8-29)35-5-15-46-33-25-50-42-31(39(33)35)3-13-48-42)41(56)38(55-22-12-45(2,58)28-55)24-30-9-19-53(20-10-30)36-6-16-47-34-26-51-43-32(40(34)36)4-14-49-43/h3-6,13-16,25-26,29-30,37-38,57-58H,7-12,17-24,27-28H2,1-2H3,(H,48,50)(H,49,51). The van der Waals surface area contributed by atoms with Crippen LogP contribution in [0.5, 0.6) is 0 Å². The number of piperidine rings is 2. The maximum absolute atomic E-state index is 15.4. The molecule has 10 rings (SSSR count). The van der Waals surface area contributed by atoms with E-state index in [4.69, 9.17) is 0 Å². The number of rotatable bonds is 10. The van der Waals surface area contributed by atoms with Gasteiger partial charge in [-0.25, -0.2) is 9.97 Å². The van der Waals surface area contributed by atoms with E-state index < -0.39 is 11.2 Å². The second-order valence-corrected chi connectivity index (χ2v) is 18.4. The Labute approximate surface area is 338 Å². The van der Waals surface area contributed by atoms with Crippen LogP contribution in [0.2, 0.25) is 0 Å². The summed E-state index contributed by atoms with van der Waals surface area (Å²) in [5.41, 5.74) is 4.32. The Balaban J connectivity index is 0.872. The Hall–Kier alpha value is -4.69. The summed E-state index contributed by atoms with van der Waals surface area (Å²) in [6.07, 6.45) is 18.3. The topological polar surface area (TPSA) is 154 Å². The number of carbonyl (C=O) groups is 1. The Kier molecular flexibility index (Phi) is 9.62. The number of carbonyl (C=O) groups excluding carboxylic acids is 1. The highest BCUT2D eigenvalue weighted by atomic mass is 16.3. The van der Waals surface area contributed by atoms with Crippen LogP contribution in [0.4, 0.5) is 11.4 Å². The molecule has 10 heterocycles. The zero-order valence-corrected chi connectivity index (χ0v) is 33.8. The Bertz CT molecular complexity index is 2280. The van der Waals surface area contributed by atoms with E-state index >= 15 is 4.79 Å². The molecule has 4 atom stereocenters. The summed E-state index contributed by atoms with van der Waals surface area (Å²) in [4.78, 5) is 49.8. The second kappa shape index (κ2) is 14.8. The van der Waals surface area contributed by atoms with Gasteiger partial charge in [-0.05, 0) is 101 Å². The van der Waals surface area contributed by atoms with Crippen LogP contribution >= 0.6 is 0 Å². The number of anilines is 2. The summed E-state index contributed by atoms with van der Waals surface area (Å²) < 4.78 is 0. The minimum absolute atomic E-state index is 0.269. The number of aromatic nitrogens is 6. The predicted molar refractivity (Wildman–Crippen MR) is 228 cm³/mol. The van der Waals surface area contributed by atoms with Crippen molar-refractivity contribution in [3.05, 3.63) is 61.4 Å². The van der Waals surface area contributed by atoms with Crippen molar-refractivity contribution in [2.24, 2.45) is 11.8 Å². The van der Waals surface area contributed by atoms with Gasteiger partial charge in [-0.1, -0.05) is 0 Å². The second-order valence-electron chi connectivity index (χ2n) is 18.4. The number of ketones is 1. The number of Topliss-reactive ketones (excluding diaryl/α,β-unsaturated/α-hetero) is 1. The van der Waals surface area contributed by atoms with Gasteiger partial charge in [-0.3, -0.25) is 24.6 Å². The number of hydrogen-bond donors (Lipinski definition) is 4. The normalized spacial score (nSPS) is 25.5. The van der Waals surface area contributed by atoms with Crippen LogP contribution < -0.4 is 9.80 Å². The fraction of sp³-hybridized carbons (Fsp3) is 0.533. The quantitative estimate of drug-likeness (QED) is 0.136. The first-order chi connectivity index (χ1) is 28.1. The van der Waals surface area contributed by atoms with Crippen LogP contribution in [0, 0.1) is 11.8 Å². The molecule has 13 nitrogen and oxygen atoms in total. The molecule has 304 valence electrons. The Morgan fingerprint density at radius 1 is 0.672 bits per heavy atom. The van der Waals surface area contributed by atoms with Crippen LogP contribution in [-0.2, 0) is 4.79 Å². The molecule has 4 N–H and O–H groups in total. The molecular formula is C45H56N10O3. The van der Waals surface area contributed by atoms with E-state index in [-0.39, 0.29) is 17.9 Å². The highest BCUT2D eigenvalue weighted by Crippen LogP contribution is 2.39. The maximum atomic E-state index is 15.4. The molecule has 4 fully saturated rings. The van der Waals surface area contributed by atoms with Crippen molar-refractivity contribution >= 4 is 61.0 Å². The van der Waals surface area contributed by atoms with Gasteiger partial charge >= 0.3 is 0 Å². The number of likely N-dealkylation sites (tertiary alicyclic amines) is 2. The Morgan fingerprint density at radius 3 is 1.50 bits per heavy atom. The van der Waals surface area contributed by atoms with Crippen molar-refractivity contribution < 1.29 is 15.0 Å². The third kappa shape index (κ3) is 7.09. The number of aromatic amines is 2. The molecule has 58 heavy (non-hydrogen) atoms. The summed E-state index contributed by atoms with van der Waals surface area (Å²) in [5, 5.41) is 26.8. The largest absolute Gasteiger partial charge is 0.389 e. The highest BCUT2D eigenvalue weighted by Gasteiger charge is 2.45. The molecule has 4 aliphatic rings. The summed E-state index contributed by atoms with van der Waals surface area (Å²) >= 11 is 0. The number of hydrogen-bond acceptors (Lipinski definition) is 11. The fourth-order valence-corrected chi connectivity index (χ4v) is 10.9.